The summed E-state index contributed by atoms with van der Waals surface area (Å²) in [6.07, 6.45) is 3.24. The van der Waals surface area contributed by atoms with Gasteiger partial charge in [0.1, 0.15) is 36.3 Å². The van der Waals surface area contributed by atoms with Crippen molar-refractivity contribution in [2.75, 3.05) is 18.5 Å². The van der Waals surface area contributed by atoms with E-state index >= 15 is 0 Å². The number of aromatic nitrogens is 3. The van der Waals surface area contributed by atoms with E-state index in [0.717, 1.165) is 39.2 Å². The largest absolute Gasteiger partial charge is 0.455 e. The Hall–Kier alpha value is -4.48. The minimum atomic E-state index is -0.323. The average Bonchev–Trinajstić information content (AvgIpc) is 2.86. The van der Waals surface area contributed by atoms with Gasteiger partial charge in [-0.1, -0.05) is 11.8 Å². The Labute approximate surface area is 202 Å². The van der Waals surface area contributed by atoms with Crippen LogP contribution in [-0.4, -0.2) is 40.1 Å². The first-order chi connectivity index (χ1) is 17.0. The molecule has 174 valence electrons. The molecule has 0 spiro atoms. The van der Waals surface area contributed by atoms with Crippen LogP contribution < -0.4 is 15.4 Å². The third-order valence-electron chi connectivity index (χ3n) is 5.43. The molecule has 2 aromatic carbocycles. The lowest BCUT2D eigenvalue weighted by Crippen LogP contribution is -2.44. The van der Waals surface area contributed by atoms with E-state index in [1.807, 2.05) is 62.4 Å². The van der Waals surface area contributed by atoms with Crippen molar-refractivity contribution in [3.63, 3.8) is 0 Å². The van der Waals surface area contributed by atoms with Crippen molar-refractivity contribution in [2.24, 2.45) is 0 Å². The van der Waals surface area contributed by atoms with E-state index in [9.17, 15) is 4.79 Å². The van der Waals surface area contributed by atoms with Crippen molar-refractivity contribution in [1.29, 1.82) is 0 Å². The second kappa shape index (κ2) is 9.79. The third-order valence-corrected chi connectivity index (χ3v) is 5.43. The van der Waals surface area contributed by atoms with Crippen LogP contribution in [0.5, 0.6) is 11.5 Å². The van der Waals surface area contributed by atoms with Crippen molar-refractivity contribution in [2.45, 2.75) is 19.9 Å². The van der Waals surface area contributed by atoms with Gasteiger partial charge >= 0.3 is 0 Å². The average molecular weight is 466 g/mol. The maximum Gasteiger partial charge on any atom is 0.247 e. The van der Waals surface area contributed by atoms with Crippen LogP contribution in [0.3, 0.4) is 0 Å². The fourth-order valence-corrected chi connectivity index (χ4v) is 3.65. The summed E-state index contributed by atoms with van der Waals surface area (Å²) in [7, 11) is 0. The lowest BCUT2D eigenvalue weighted by atomic mass is 10.1. The zero-order valence-electron chi connectivity index (χ0n) is 19.3. The van der Waals surface area contributed by atoms with Gasteiger partial charge in [0.2, 0.25) is 5.91 Å². The Morgan fingerprint density at radius 2 is 2.00 bits per heavy atom. The summed E-state index contributed by atoms with van der Waals surface area (Å²) in [4.78, 5) is 24.6. The number of nitrogens with zero attached hydrogens (tertiary/aromatic N) is 3. The Bertz CT molecular complexity index is 1460. The summed E-state index contributed by atoms with van der Waals surface area (Å²) >= 11 is 0. The van der Waals surface area contributed by atoms with Gasteiger partial charge in [0.05, 0.1) is 18.3 Å². The van der Waals surface area contributed by atoms with Gasteiger partial charge in [0.15, 0.2) is 0 Å². The number of hydrogen-bond acceptors (Lipinski definition) is 7. The molecule has 8 nitrogen and oxygen atoms in total. The van der Waals surface area contributed by atoms with Crippen molar-refractivity contribution in [1.82, 2.24) is 20.3 Å². The number of nitrogens with one attached hydrogen (secondary N) is 2. The number of ether oxygens (including phenoxy) is 2. The molecule has 1 saturated heterocycles. The number of aryl methyl sites for hydroxylation is 2. The fourth-order valence-electron chi connectivity index (χ4n) is 3.65. The second-order valence-electron chi connectivity index (χ2n) is 8.20. The SMILES string of the molecule is Cc1ccc(Oc2ccc(Nc3ncnc4ccc(C#CC5COCC(=O)N5)cc34)cc2C)cn1. The zero-order chi connectivity index (χ0) is 24.2. The molecule has 1 atom stereocenters. The lowest BCUT2D eigenvalue weighted by molar-refractivity contribution is -0.130. The molecule has 2 N–H and O–H groups in total. The number of amides is 1. The highest BCUT2D eigenvalue weighted by molar-refractivity contribution is 5.91. The number of carbonyl (C=O) groups excluding carboxylic acids is 1. The molecule has 0 bridgehead atoms. The van der Waals surface area contributed by atoms with Crippen LogP contribution in [0.4, 0.5) is 11.5 Å². The molecule has 0 radical (unpaired) electrons. The first-order valence-electron chi connectivity index (χ1n) is 11.1. The molecule has 1 unspecified atom stereocenters. The predicted octanol–water partition coefficient (Wildman–Crippen LogP) is 4.04. The van der Waals surface area contributed by atoms with E-state index in [1.165, 1.54) is 6.33 Å². The van der Waals surface area contributed by atoms with Gasteiger partial charge in [-0.2, -0.15) is 0 Å². The van der Waals surface area contributed by atoms with Crippen LogP contribution in [-0.2, 0) is 9.53 Å². The number of hydrogen-bond donors (Lipinski definition) is 2. The van der Waals surface area contributed by atoms with Crippen LogP contribution in [0.25, 0.3) is 10.9 Å². The summed E-state index contributed by atoms with van der Waals surface area (Å²) in [5.41, 5.74) is 4.37. The van der Waals surface area contributed by atoms with Gasteiger partial charge in [-0.3, -0.25) is 9.78 Å². The molecule has 1 aliphatic rings. The first-order valence-corrected chi connectivity index (χ1v) is 11.1. The van der Waals surface area contributed by atoms with Crippen LogP contribution in [0, 0.1) is 25.7 Å². The summed E-state index contributed by atoms with van der Waals surface area (Å²) in [5, 5.41) is 7.03. The normalized spacial score (nSPS) is 15.1. The van der Waals surface area contributed by atoms with Crippen LogP contribution >= 0.6 is 0 Å². The molecule has 0 aliphatic carbocycles. The number of carbonyl (C=O) groups is 1. The molecular weight excluding hydrogens is 442 g/mol. The molecule has 2 aromatic heterocycles. The Morgan fingerprint density at radius 1 is 1.09 bits per heavy atom. The lowest BCUT2D eigenvalue weighted by Gasteiger charge is -2.18. The summed E-state index contributed by atoms with van der Waals surface area (Å²) in [5.74, 6) is 8.12. The molecular formula is C27H23N5O3. The van der Waals surface area contributed by atoms with E-state index in [4.69, 9.17) is 9.47 Å². The first kappa shape index (κ1) is 22.3. The number of pyridine rings is 1. The van der Waals surface area contributed by atoms with Gasteiger partial charge in [-0.15, -0.1) is 0 Å². The molecule has 4 aromatic rings. The van der Waals surface area contributed by atoms with Gasteiger partial charge in [0.25, 0.3) is 0 Å². The van der Waals surface area contributed by atoms with E-state index in [2.05, 4.69) is 37.4 Å². The van der Waals surface area contributed by atoms with Gasteiger partial charge in [-0.05, 0) is 67.9 Å². The maximum absolute atomic E-state index is 11.5. The Kier molecular flexibility index (Phi) is 6.24. The van der Waals surface area contributed by atoms with Gasteiger partial charge < -0.3 is 20.1 Å². The standard InChI is InChI=1S/C27H23N5O3/c1-17-11-20(7-10-25(17)35-22-8-3-18(2)28-13-22)32-27-23-12-19(5-9-24(23)29-16-30-27)4-6-21-14-34-15-26(33)31-21/h3,5,7-13,16,21H,14-15H2,1-2H3,(H,31,33)(H,29,30,32). The van der Waals surface area contributed by atoms with E-state index in [0.29, 0.717) is 18.2 Å². The monoisotopic (exact) mass is 465 g/mol. The number of fused-ring (bicyclic) bond motifs is 1. The summed E-state index contributed by atoms with van der Waals surface area (Å²) in [6.45, 7) is 4.38. The number of morpholine rings is 1. The highest BCUT2D eigenvalue weighted by atomic mass is 16.5. The molecule has 35 heavy (non-hydrogen) atoms. The highest BCUT2D eigenvalue weighted by Gasteiger charge is 2.16. The minimum Gasteiger partial charge on any atom is -0.455 e. The molecule has 1 amide bonds. The third kappa shape index (κ3) is 5.37. The molecule has 0 saturated carbocycles. The Balaban J connectivity index is 1.37. The molecule has 8 heteroatoms. The van der Waals surface area contributed by atoms with Gasteiger partial charge in [0, 0.05) is 22.3 Å². The zero-order valence-corrected chi connectivity index (χ0v) is 19.3. The van der Waals surface area contributed by atoms with Crippen LogP contribution in [0.1, 0.15) is 16.8 Å². The number of anilines is 2. The Morgan fingerprint density at radius 3 is 2.80 bits per heavy atom. The predicted molar refractivity (Wildman–Crippen MR) is 133 cm³/mol. The minimum absolute atomic E-state index is 0.0796. The van der Waals surface area contributed by atoms with Crippen molar-refractivity contribution >= 4 is 28.3 Å². The van der Waals surface area contributed by atoms with Crippen molar-refractivity contribution < 1.29 is 14.3 Å². The van der Waals surface area contributed by atoms with E-state index in [-0.39, 0.29) is 18.6 Å². The number of rotatable bonds is 4. The topological polar surface area (TPSA) is 98.3 Å². The smallest absolute Gasteiger partial charge is 0.247 e. The van der Waals surface area contributed by atoms with Crippen LogP contribution in [0.15, 0.2) is 61.1 Å². The molecule has 5 rings (SSSR count). The van der Waals surface area contributed by atoms with E-state index in [1.54, 1.807) is 6.20 Å². The van der Waals surface area contributed by atoms with E-state index < -0.39 is 0 Å². The fraction of sp³-hybridized carbons (Fsp3) is 0.185. The van der Waals surface area contributed by atoms with Gasteiger partial charge in [-0.25, -0.2) is 9.97 Å². The van der Waals surface area contributed by atoms with Crippen molar-refractivity contribution in [3.8, 4) is 23.3 Å². The summed E-state index contributed by atoms with van der Waals surface area (Å²) in [6, 6.07) is 15.1. The summed E-state index contributed by atoms with van der Waals surface area (Å²) < 4.78 is 11.2. The highest BCUT2D eigenvalue weighted by Crippen LogP contribution is 2.29. The molecule has 3 heterocycles. The molecule has 1 fully saturated rings. The van der Waals surface area contributed by atoms with Crippen LogP contribution in [0.2, 0.25) is 0 Å². The number of benzene rings is 2. The maximum atomic E-state index is 11.5. The molecule has 1 aliphatic heterocycles. The van der Waals surface area contributed by atoms with Crippen molar-refractivity contribution in [3.05, 3.63) is 77.9 Å². The quantitative estimate of drug-likeness (QED) is 0.439. The second-order valence-corrected chi connectivity index (χ2v) is 8.20.